The topological polar surface area (TPSA) is 54.9 Å². The Morgan fingerprint density at radius 3 is 2.32 bits per heavy atom. The van der Waals surface area contributed by atoms with E-state index in [9.17, 15) is 4.79 Å². The summed E-state index contributed by atoms with van der Waals surface area (Å²) in [6, 6.07) is 16.7. The Hall–Kier alpha value is -1.46. The average Bonchev–Trinajstić information content (AvgIpc) is 2.61. The van der Waals surface area contributed by atoms with Crippen LogP contribution in [0, 0.1) is 0 Å². The van der Waals surface area contributed by atoms with E-state index in [-0.39, 0.29) is 5.91 Å². The zero-order valence-electron chi connectivity index (χ0n) is 13.7. The summed E-state index contributed by atoms with van der Waals surface area (Å²) in [5, 5.41) is 4.59. The summed E-state index contributed by atoms with van der Waals surface area (Å²) in [4.78, 5) is 12.4. The number of nitrogens with one attached hydrogen (secondary N) is 1. The molecule has 0 radical (unpaired) electrons. The second-order valence-electron chi connectivity index (χ2n) is 5.48. The van der Waals surface area contributed by atoms with E-state index >= 15 is 0 Å². The van der Waals surface area contributed by atoms with Crippen LogP contribution in [0.15, 0.2) is 54.6 Å². The van der Waals surface area contributed by atoms with Crippen LogP contribution in [0.3, 0.4) is 0 Å². The molecule has 0 aliphatic carbocycles. The van der Waals surface area contributed by atoms with Gasteiger partial charge < -0.3 is 10.1 Å². The van der Waals surface area contributed by atoms with Gasteiger partial charge in [0.1, 0.15) is 5.75 Å². The first-order valence-electron chi connectivity index (χ1n) is 7.79. The van der Waals surface area contributed by atoms with Crippen LogP contribution < -0.4 is 15.4 Å². The van der Waals surface area contributed by atoms with Crippen molar-refractivity contribution >= 4 is 40.7 Å². The maximum absolute atomic E-state index is 12.4. The minimum Gasteiger partial charge on any atom is -0.497 e. The molecule has 0 spiro atoms. The normalized spacial score (nSPS) is 12.5. The summed E-state index contributed by atoms with van der Waals surface area (Å²) in [7, 11) is 1.57. The highest BCUT2D eigenvalue weighted by Crippen LogP contribution is 2.27. The fourth-order valence-corrected chi connectivity index (χ4v) is 2.73. The highest BCUT2D eigenvalue weighted by molar-refractivity contribution is 6.68. The molecule has 0 aliphatic rings. The molecule has 0 saturated heterocycles. The number of alkyl halides is 3. The van der Waals surface area contributed by atoms with Crippen molar-refractivity contribution in [3.8, 4) is 5.75 Å². The summed E-state index contributed by atoms with van der Waals surface area (Å²) in [6.07, 6.45) is 0.104. The quantitative estimate of drug-likeness (QED) is 0.553. The molecule has 1 atom stereocenters. The SMILES string of the molecule is COc1ccc(C(=O)N[C@@H]([NH2+]CCc2ccccc2)C(Cl)(Cl)Cl)cc1. The first-order valence-corrected chi connectivity index (χ1v) is 8.92. The van der Waals surface area contributed by atoms with Crippen LogP contribution in [0.5, 0.6) is 5.75 Å². The molecule has 25 heavy (non-hydrogen) atoms. The Balaban J connectivity index is 1.95. The molecule has 3 N–H and O–H groups in total. The van der Waals surface area contributed by atoms with Crippen molar-refractivity contribution in [3.63, 3.8) is 0 Å². The van der Waals surface area contributed by atoms with E-state index in [1.807, 2.05) is 35.6 Å². The Morgan fingerprint density at radius 1 is 1.12 bits per heavy atom. The monoisotopic (exact) mass is 401 g/mol. The number of halogens is 3. The van der Waals surface area contributed by atoms with Gasteiger partial charge in [0, 0.05) is 12.0 Å². The Labute approximate surface area is 162 Å². The summed E-state index contributed by atoms with van der Waals surface area (Å²) in [6.45, 7) is 0.672. The van der Waals surface area contributed by atoms with Crippen LogP contribution in [-0.2, 0) is 6.42 Å². The number of ether oxygens (including phenoxy) is 1. The predicted molar refractivity (Wildman–Crippen MR) is 101 cm³/mol. The number of rotatable bonds is 7. The molecule has 0 fully saturated rings. The van der Waals surface area contributed by atoms with E-state index in [4.69, 9.17) is 39.5 Å². The summed E-state index contributed by atoms with van der Waals surface area (Å²) in [5.41, 5.74) is 1.65. The molecule has 134 valence electrons. The number of methoxy groups -OCH3 is 1. The molecular weight excluding hydrogens is 383 g/mol. The Morgan fingerprint density at radius 2 is 1.76 bits per heavy atom. The fraction of sp³-hybridized carbons (Fsp3) is 0.278. The second kappa shape index (κ2) is 9.30. The largest absolute Gasteiger partial charge is 0.497 e. The Bertz CT molecular complexity index is 673. The number of hydrogen-bond acceptors (Lipinski definition) is 2. The molecule has 0 aromatic heterocycles. The number of carbonyl (C=O) groups is 1. The van der Waals surface area contributed by atoms with Crippen molar-refractivity contribution in [1.82, 2.24) is 5.32 Å². The molecule has 0 heterocycles. The molecule has 0 unspecified atom stereocenters. The summed E-state index contributed by atoms with van der Waals surface area (Å²) >= 11 is 18.1. The van der Waals surface area contributed by atoms with Gasteiger partial charge >= 0.3 is 0 Å². The van der Waals surface area contributed by atoms with Crippen molar-refractivity contribution in [3.05, 3.63) is 65.7 Å². The first kappa shape index (κ1) is 19.9. The van der Waals surface area contributed by atoms with Gasteiger partial charge in [-0.3, -0.25) is 10.1 Å². The number of carbonyl (C=O) groups excluding carboxylic acids is 1. The van der Waals surface area contributed by atoms with Gasteiger partial charge in [-0.1, -0.05) is 65.1 Å². The number of nitrogens with two attached hydrogens (primary N) is 1. The maximum Gasteiger partial charge on any atom is 0.262 e. The van der Waals surface area contributed by atoms with E-state index in [2.05, 4.69) is 5.32 Å². The van der Waals surface area contributed by atoms with Gasteiger partial charge in [0.25, 0.3) is 9.70 Å². The van der Waals surface area contributed by atoms with Crippen molar-refractivity contribution in [1.29, 1.82) is 0 Å². The highest BCUT2D eigenvalue weighted by atomic mass is 35.6. The zero-order chi connectivity index (χ0) is 18.3. The van der Waals surface area contributed by atoms with Crippen molar-refractivity contribution in [2.45, 2.75) is 16.4 Å². The minimum atomic E-state index is -1.63. The van der Waals surface area contributed by atoms with Crippen LogP contribution in [-0.4, -0.2) is 29.5 Å². The molecule has 0 aliphatic heterocycles. The van der Waals surface area contributed by atoms with E-state index in [1.165, 1.54) is 5.56 Å². The van der Waals surface area contributed by atoms with Crippen LogP contribution >= 0.6 is 34.8 Å². The van der Waals surface area contributed by atoms with Crippen LogP contribution in [0.25, 0.3) is 0 Å². The number of benzene rings is 2. The van der Waals surface area contributed by atoms with Crippen molar-refractivity contribution in [2.75, 3.05) is 13.7 Å². The van der Waals surface area contributed by atoms with E-state index < -0.39 is 9.96 Å². The van der Waals surface area contributed by atoms with Gasteiger partial charge in [0.2, 0.25) is 6.17 Å². The van der Waals surface area contributed by atoms with Gasteiger partial charge in [-0.15, -0.1) is 0 Å². The predicted octanol–water partition coefficient (Wildman–Crippen LogP) is 2.93. The Kier molecular flexibility index (Phi) is 7.38. The summed E-state index contributed by atoms with van der Waals surface area (Å²) < 4.78 is 3.45. The number of quaternary nitrogens is 1. The third-order valence-corrected chi connectivity index (χ3v) is 4.37. The molecule has 2 rings (SSSR count). The molecule has 4 nitrogen and oxygen atoms in total. The van der Waals surface area contributed by atoms with Crippen LogP contribution in [0.2, 0.25) is 0 Å². The third-order valence-electron chi connectivity index (χ3n) is 3.67. The van der Waals surface area contributed by atoms with Gasteiger partial charge in [-0.2, -0.15) is 0 Å². The van der Waals surface area contributed by atoms with Gasteiger partial charge in [0.15, 0.2) is 0 Å². The highest BCUT2D eigenvalue weighted by Gasteiger charge is 2.37. The van der Waals surface area contributed by atoms with Gasteiger partial charge in [-0.05, 0) is 29.8 Å². The van der Waals surface area contributed by atoms with E-state index in [1.54, 1.807) is 31.4 Å². The smallest absolute Gasteiger partial charge is 0.262 e. The minimum absolute atomic E-state index is 0.310. The lowest BCUT2D eigenvalue weighted by molar-refractivity contribution is -0.691. The number of amides is 1. The zero-order valence-corrected chi connectivity index (χ0v) is 16.0. The molecule has 2 aromatic rings. The van der Waals surface area contributed by atoms with E-state index in [0.717, 1.165) is 6.42 Å². The molecule has 0 bridgehead atoms. The van der Waals surface area contributed by atoms with E-state index in [0.29, 0.717) is 17.9 Å². The molecule has 0 saturated carbocycles. The second-order valence-corrected chi connectivity index (χ2v) is 7.85. The fourth-order valence-electron chi connectivity index (χ4n) is 2.30. The molecular formula is C18H20Cl3N2O2+. The van der Waals surface area contributed by atoms with Gasteiger partial charge in [0.05, 0.1) is 13.7 Å². The third kappa shape index (κ3) is 6.40. The van der Waals surface area contributed by atoms with Crippen molar-refractivity contribution in [2.24, 2.45) is 0 Å². The standard InChI is InChI=1S/C18H19Cl3N2O2/c1-25-15-9-7-14(8-10-15)16(24)23-17(18(19,20)21)22-12-11-13-5-3-2-4-6-13/h2-10,17,22H,11-12H2,1H3,(H,23,24)/p+1/t17-/m1/s1. The lowest BCUT2D eigenvalue weighted by Crippen LogP contribution is -2.96. The first-order chi connectivity index (χ1) is 11.9. The molecule has 2 aromatic carbocycles. The summed E-state index contributed by atoms with van der Waals surface area (Å²) in [5.74, 6) is 0.360. The molecule has 7 heteroatoms. The van der Waals surface area contributed by atoms with Crippen LogP contribution in [0.4, 0.5) is 0 Å². The van der Waals surface area contributed by atoms with Gasteiger partial charge in [-0.25, -0.2) is 0 Å². The van der Waals surface area contributed by atoms with Crippen molar-refractivity contribution < 1.29 is 14.8 Å². The number of hydrogen-bond donors (Lipinski definition) is 2. The lowest BCUT2D eigenvalue weighted by atomic mass is 10.1. The van der Waals surface area contributed by atoms with Crippen LogP contribution in [0.1, 0.15) is 15.9 Å². The lowest BCUT2D eigenvalue weighted by Gasteiger charge is -2.23. The maximum atomic E-state index is 12.4. The average molecular weight is 403 g/mol. The molecule has 1 amide bonds.